The lowest BCUT2D eigenvalue weighted by Crippen LogP contribution is -2.46. The number of nitrogens with one attached hydrogen (secondary N) is 1. The second-order valence-corrected chi connectivity index (χ2v) is 6.16. The van der Waals surface area contributed by atoms with Crippen molar-refractivity contribution in [3.8, 4) is 11.5 Å². The number of hydrogen-bond acceptors (Lipinski definition) is 6. The Balaban J connectivity index is 1.39. The molecule has 0 aliphatic carbocycles. The van der Waals surface area contributed by atoms with Crippen LogP contribution in [0.3, 0.4) is 0 Å². The van der Waals surface area contributed by atoms with Crippen molar-refractivity contribution in [2.75, 3.05) is 31.2 Å². The predicted octanol–water partition coefficient (Wildman–Crippen LogP) is 2.01. The fraction of sp³-hybridized carbons (Fsp3) is 0.444. The molecule has 0 amide bonds. The smallest absolute Gasteiger partial charge is 0.225 e. The van der Waals surface area contributed by atoms with Crippen LogP contribution in [0.25, 0.3) is 0 Å². The Labute approximate surface area is 141 Å². The van der Waals surface area contributed by atoms with E-state index in [1.54, 1.807) is 12.4 Å². The molecule has 0 bridgehead atoms. The Morgan fingerprint density at radius 3 is 2.92 bits per heavy atom. The van der Waals surface area contributed by atoms with Crippen LogP contribution in [0, 0.1) is 0 Å². The number of fused-ring (bicyclic) bond motifs is 1. The van der Waals surface area contributed by atoms with Gasteiger partial charge in [0.05, 0.1) is 0 Å². The highest BCUT2D eigenvalue weighted by molar-refractivity contribution is 5.47. The van der Waals surface area contributed by atoms with Gasteiger partial charge < -0.3 is 19.7 Å². The monoisotopic (exact) mass is 326 g/mol. The average Bonchev–Trinajstić information content (AvgIpc) is 2.67. The van der Waals surface area contributed by atoms with Gasteiger partial charge in [-0.2, -0.15) is 0 Å². The quantitative estimate of drug-likeness (QED) is 0.927. The Morgan fingerprint density at radius 2 is 2.00 bits per heavy atom. The summed E-state index contributed by atoms with van der Waals surface area (Å²) in [6, 6.07) is 8.36. The Bertz CT molecular complexity index is 680. The molecule has 6 nitrogen and oxygen atoms in total. The number of aromatic nitrogens is 2. The standard InChI is InChI=1S/C18H22N4O2/c1-4-14(17-16(6-1)23-10-11-24-17)12-21-15-5-2-9-22(13-15)18-19-7-3-8-20-18/h1,3-4,6-8,15,21H,2,5,9-13H2/t15-/m1/s1. The lowest BCUT2D eigenvalue weighted by Gasteiger charge is -2.33. The van der Waals surface area contributed by atoms with Crippen molar-refractivity contribution in [3.63, 3.8) is 0 Å². The molecule has 2 aromatic rings. The number of benzene rings is 1. The molecule has 4 rings (SSSR count). The molecule has 1 saturated heterocycles. The van der Waals surface area contributed by atoms with Crippen molar-refractivity contribution in [1.29, 1.82) is 0 Å². The van der Waals surface area contributed by atoms with Crippen LogP contribution in [0.1, 0.15) is 18.4 Å². The number of rotatable bonds is 4. The second-order valence-electron chi connectivity index (χ2n) is 6.16. The molecule has 2 aliphatic rings. The number of para-hydroxylation sites is 1. The molecular formula is C18H22N4O2. The van der Waals surface area contributed by atoms with Crippen LogP contribution in [0.5, 0.6) is 11.5 Å². The fourth-order valence-corrected chi connectivity index (χ4v) is 3.31. The molecule has 0 saturated carbocycles. The first kappa shape index (κ1) is 15.2. The minimum Gasteiger partial charge on any atom is -0.486 e. The predicted molar refractivity (Wildman–Crippen MR) is 91.5 cm³/mol. The highest BCUT2D eigenvalue weighted by Crippen LogP contribution is 2.33. The van der Waals surface area contributed by atoms with Gasteiger partial charge in [-0.25, -0.2) is 9.97 Å². The average molecular weight is 326 g/mol. The topological polar surface area (TPSA) is 59.5 Å². The molecule has 6 heteroatoms. The summed E-state index contributed by atoms with van der Waals surface area (Å²) in [5.74, 6) is 2.55. The largest absolute Gasteiger partial charge is 0.486 e. The van der Waals surface area contributed by atoms with Crippen molar-refractivity contribution >= 4 is 5.95 Å². The number of piperidine rings is 1. The Morgan fingerprint density at radius 1 is 1.12 bits per heavy atom. The van der Waals surface area contributed by atoms with Crippen LogP contribution < -0.4 is 19.7 Å². The van der Waals surface area contributed by atoms with Crippen molar-refractivity contribution in [3.05, 3.63) is 42.2 Å². The van der Waals surface area contributed by atoms with Crippen LogP contribution in [0.4, 0.5) is 5.95 Å². The maximum atomic E-state index is 5.79. The fourth-order valence-electron chi connectivity index (χ4n) is 3.31. The van der Waals surface area contributed by atoms with Gasteiger partial charge in [-0.15, -0.1) is 0 Å². The van der Waals surface area contributed by atoms with E-state index in [2.05, 4.69) is 26.3 Å². The summed E-state index contributed by atoms with van der Waals surface area (Å²) >= 11 is 0. The van der Waals surface area contributed by atoms with E-state index in [-0.39, 0.29) is 0 Å². The lowest BCUT2D eigenvalue weighted by molar-refractivity contribution is 0.169. The molecule has 2 aliphatic heterocycles. The molecule has 1 atom stereocenters. The normalized spacial score (nSPS) is 20.0. The van der Waals surface area contributed by atoms with Crippen molar-refractivity contribution in [1.82, 2.24) is 15.3 Å². The van der Waals surface area contributed by atoms with Gasteiger partial charge in [-0.3, -0.25) is 0 Å². The molecule has 1 N–H and O–H groups in total. The first-order valence-electron chi connectivity index (χ1n) is 8.53. The van der Waals surface area contributed by atoms with E-state index in [9.17, 15) is 0 Å². The van der Waals surface area contributed by atoms with Crippen molar-refractivity contribution in [2.45, 2.75) is 25.4 Å². The van der Waals surface area contributed by atoms with Crippen LogP contribution >= 0.6 is 0 Å². The maximum Gasteiger partial charge on any atom is 0.225 e. The SMILES string of the molecule is c1cnc(N2CCC[C@@H](NCc3cccc4c3OCCO4)C2)nc1. The molecule has 126 valence electrons. The Kier molecular flexibility index (Phi) is 4.46. The van der Waals surface area contributed by atoms with Gasteiger partial charge in [0.2, 0.25) is 5.95 Å². The van der Waals surface area contributed by atoms with E-state index in [1.165, 1.54) is 0 Å². The van der Waals surface area contributed by atoms with E-state index in [0.717, 1.165) is 55.5 Å². The summed E-state index contributed by atoms with van der Waals surface area (Å²) in [5, 5.41) is 3.65. The minimum absolute atomic E-state index is 0.419. The van der Waals surface area contributed by atoms with E-state index in [4.69, 9.17) is 9.47 Å². The number of ether oxygens (including phenoxy) is 2. The van der Waals surface area contributed by atoms with Crippen LogP contribution in [-0.2, 0) is 6.54 Å². The summed E-state index contributed by atoms with van der Waals surface area (Å²) in [5.41, 5.74) is 1.15. The van der Waals surface area contributed by atoms with Crippen LogP contribution in [0.15, 0.2) is 36.7 Å². The van der Waals surface area contributed by atoms with Gasteiger partial charge in [-0.1, -0.05) is 12.1 Å². The van der Waals surface area contributed by atoms with Gasteiger partial charge in [0.15, 0.2) is 11.5 Å². The van der Waals surface area contributed by atoms with Gasteiger partial charge in [0.25, 0.3) is 0 Å². The summed E-state index contributed by atoms with van der Waals surface area (Å²) in [4.78, 5) is 11.0. The number of anilines is 1. The first-order chi connectivity index (χ1) is 11.9. The zero-order chi connectivity index (χ0) is 16.2. The molecule has 1 fully saturated rings. The van der Waals surface area contributed by atoms with Crippen LogP contribution in [-0.4, -0.2) is 42.3 Å². The van der Waals surface area contributed by atoms with E-state index in [1.807, 2.05) is 18.2 Å². The van der Waals surface area contributed by atoms with Crippen molar-refractivity contribution < 1.29 is 9.47 Å². The lowest BCUT2D eigenvalue weighted by atomic mass is 10.1. The van der Waals surface area contributed by atoms with Gasteiger partial charge in [0, 0.05) is 43.6 Å². The minimum atomic E-state index is 0.419. The molecule has 1 aromatic heterocycles. The zero-order valence-corrected chi connectivity index (χ0v) is 13.6. The summed E-state index contributed by atoms with van der Waals surface area (Å²) in [6.07, 6.45) is 5.90. The first-order valence-corrected chi connectivity index (χ1v) is 8.53. The maximum absolute atomic E-state index is 5.79. The zero-order valence-electron chi connectivity index (χ0n) is 13.6. The van der Waals surface area contributed by atoms with E-state index in [0.29, 0.717) is 19.3 Å². The number of hydrogen-bond donors (Lipinski definition) is 1. The summed E-state index contributed by atoms with van der Waals surface area (Å²) in [7, 11) is 0. The Hall–Kier alpha value is -2.34. The molecule has 0 radical (unpaired) electrons. The third-order valence-electron chi connectivity index (χ3n) is 4.49. The van der Waals surface area contributed by atoms with Gasteiger partial charge >= 0.3 is 0 Å². The summed E-state index contributed by atoms with van der Waals surface area (Å²) < 4.78 is 11.4. The molecular weight excluding hydrogens is 304 g/mol. The second kappa shape index (κ2) is 7.05. The van der Waals surface area contributed by atoms with Crippen molar-refractivity contribution in [2.24, 2.45) is 0 Å². The number of nitrogens with zero attached hydrogens (tertiary/aromatic N) is 3. The van der Waals surface area contributed by atoms with E-state index < -0.39 is 0 Å². The van der Waals surface area contributed by atoms with Crippen LogP contribution in [0.2, 0.25) is 0 Å². The highest BCUT2D eigenvalue weighted by Gasteiger charge is 2.22. The molecule has 24 heavy (non-hydrogen) atoms. The summed E-state index contributed by atoms with van der Waals surface area (Å²) in [6.45, 7) is 3.96. The third kappa shape index (κ3) is 3.28. The molecule has 0 unspecified atom stereocenters. The molecule has 0 spiro atoms. The molecule has 3 heterocycles. The van der Waals surface area contributed by atoms with Gasteiger partial charge in [0.1, 0.15) is 13.2 Å². The third-order valence-corrected chi connectivity index (χ3v) is 4.49. The highest BCUT2D eigenvalue weighted by atomic mass is 16.6. The molecule has 1 aromatic carbocycles. The van der Waals surface area contributed by atoms with E-state index >= 15 is 0 Å². The van der Waals surface area contributed by atoms with Gasteiger partial charge in [-0.05, 0) is 25.0 Å².